The molecule has 1 aromatic carbocycles. The molecule has 4 N–H and O–H groups in total. The summed E-state index contributed by atoms with van der Waals surface area (Å²) < 4.78 is 14.8. The van der Waals surface area contributed by atoms with Gasteiger partial charge in [0.2, 0.25) is 0 Å². The highest BCUT2D eigenvalue weighted by molar-refractivity contribution is 6.38. The molecule has 0 unspecified atom stereocenters. The molecule has 0 spiro atoms. The monoisotopic (exact) mass is 312 g/mol. The van der Waals surface area contributed by atoms with Gasteiger partial charge in [-0.3, -0.25) is 4.79 Å². The Morgan fingerprint density at radius 3 is 2.19 bits per heavy atom. The Bertz CT molecular complexity index is 884. The predicted octanol–water partition coefficient (Wildman–Crippen LogP) is 0.651. The first-order chi connectivity index (χ1) is 9.86. The predicted molar refractivity (Wildman–Crippen MR) is 74.3 cm³/mol. The fraction of sp³-hybridized carbons (Fsp3) is 0.0833. The van der Waals surface area contributed by atoms with Crippen LogP contribution in [0, 0.1) is 0 Å². The van der Waals surface area contributed by atoms with Crippen LogP contribution >= 0.6 is 11.6 Å². The number of amides is 1. The van der Waals surface area contributed by atoms with E-state index in [9.17, 15) is 14.4 Å². The van der Waals surface area contributed by atoms with Crippen LogP contribution in [0.1, 0.15) is 10.4 Å². The van der Waals surface area contributed by atoms with Crippen LogP contribution in [-0.2, 0) is 0 Å². The van der Waals surface area contributed by atoms with Crippen LogP contribution in [0.15, 0.2) is 30.6 Å². The Kier molecular flexibility index (Phi) is 3.72. The number of ether oxygens (including phenoxy) is 1. The van der Waals surface area contributed by atoms with Gasteiger partial charge in [0.25, 0.3) is 5.91 Å². The molecule has 0 aliphatic rings. The Morgan fingerprint density at radius 1 is 1.19 bits per heavy atom. The third-order valence-electron chi connectivity index (χ3n) is 2.55. The number of fused-ring (bicyclic) bond motifs is 7. The van der Waals surface area contributed by atoms with E-state index in [2.05, 4.69) is 0 Å². The lowest BCUT2D eigenvalue weighted by molar-refractivity contribution is 0.0998. The van der Waals surface area contributed by atoms with Gasteiger partial charge in [0.05, 0.1) is 7.11 Å². The molecule has 9 heteroatoms. The van der Waals surface area contributed by atoms with E-state index in [0.717, 1.165) is 12.1 Å². The van der Waals surface area contributed by atoms with Gasteiger partial charge in [-0.25, -0.2) is 9.59 Å². The summed E-state index contributed by atoms with van der Waals surface area (Å²) in [6.45, 7) is 0. The van der Waals surface area contributed by atoms with E-state index in [1.165, 1.54) is 7.11 Å². The molecular weight excluding hydrogens is 304 g/mol. The van der Waals surface area contributed by atoms with Gasteiger partial charge in [-0.2, -0.15) is 0 Å². The van der Waals surface area contributed by atoms with E-state index >= 15 is 0 Å². The maximum absolute atomic E-state index is 11.6. The van der Waals surface area contributed by atoms with Crippen molar-refractivity contribution in [3.05, 3.63) is 43.6 Å². The van der Waals surface area contributed by atoms with E-state index in [4.69, 9.17) is 36.6 Å². The molecule has 2 heterocycles. The molecular formula is C12H9ClN2O6. The molecule has 3 rings (SSSR count). The van der Waals surface area contributed by atoms with Crippen molar-refractivity contribution in [2.24, 2.45) is 5.73 Å². The summed E-state index contributed by atoms with van der Waals surface area (Å²) in [5.74, 6) is -1.26. The molecule has 21 heavy (non-hydrogen) atoms. The van der Waals surface area contributed by atoms with Crippen molar-refractivity contribution >= 4 is 34.4 Å². The Labute approximate surface area is 121 Å². The summed E-state index contributed by atoms with van der Waals surface area (Å²) in [5, 5.41) is -0.295. The third-order valence-corrected chi connectivity index (χ3v) is 2.93. The molecule has 0 fully saturated rings. The van der Waals surface area contributed by atoms with Crippen LogP contribution < -0.4 is 27.5 Å². The van der Waals surface area contributed by atoms with Gasteiger partial charge >= 0.3 is 11.3 Å². The fourth-order valence-corrected chi connectivity index (χ4v) is 1.91. The second-order valence-corrected chi connectivity index (χ2v) is 4.21. The van der Waals surface area contributed by atoms with E-state index in [-0.39, 0.29) is 33.2 Å². The molecule has 2 aromatic heterocycles. The molecule has 0 radical (unpaired) electrons. The topological polar surface area (TPSA) is 139 Å². The molecule has 2 bridgehead atoms. The highest BCUT2D eigenvalue weighted by atomic mass is 35.5. The van der Waals surface area contributed by atoms with Gasteiger partial charge in [-0.1, -0.05) is 11.6 Å². The fourth-order valence-electron chi connectivity index (χ4n) is 1.69. The van der Waals surface area contributed by atoms with Crippen molar-refractivity contribution in [3.8, 4) is 5.75 Å². The molecule has 8 nitrogen and oxygen atoms in total. The van der Waals surface area contributed by atoms with Gasteiger partial charge in [0, 0.05) is 12.1 Å². The largest absolute Gasteiger partial charge is 0.492 e. The molecule has 0 saturated heterocycles. The summed E-state index contributed by atoms with van der Waals surface area (Å²) in [6.07, 6.45) is 0. The van der Waals surface area contributed by atoms with Crippen LogP contribution in [0.3, 0.4) is 0 Å². The van der Waals surface area contributed by atoms with E-state index in [1.807, 2.05) is 0 Å². The average Bonchev–Trinajstić information content (AvgIpc) is 2.43. The Balaban J connectivity index is 3.31. The van der Waals surface area contributed by atoms with E-state index < -0.39 is 17.2 Å². The Hall–Kier alpha value is -2.74. The molecule has 0 aliphatic carbocycles. The summed E-state index contributed by atoms with van der Waals surface area (Å²) in [6, 6.07) is 1.64. The number of carbonyl (C=O) groups is 1. The maximum atomic E-state index is 11.6. The number of primary amides is 1. The highest BCUT2D eigenvalue weighted by Gasteiger charge is 2.24. The van der Waals surface area contributed by atoms with Crippen molar-refractivity contribution in [1.29, 1.82) is 0 Å². The number of hydrogen-bond acceptors (Lipinski definition) is 7. The smallest absolute Gasteiger partial charge is 0.336 e. The first kappa shape index (κ1) is 14.7. The number of hydrogen-bond donors (Lipinski definition) is 2. The minimum Gasteiger partial charge on any atom is -0.492 e. The lowest BCUT2D eigenvalue weighted by atomic mass is 10.1. The number of anilines is 1. The van der Waals surface area contributed by atoms with Crippen LogP contribution in [0.25, 0.3) is 11.2 Å². The highest BCUT2D eigenvalue weighted by Crippen LogP contribution is 2.39. The normalized spacial score (nSPS) is 10.4. The zero-order chi connectivity index (χ0) is 15.7. The van der Waals surface area contributed by atoms with E-state index in [1.54, 1.807) is 0 Å². The molecule has 0 saturated carbocycles. The van der Waals surface area contributed by atoms with Crippen molar-refractivity contribution in [1.82, 2.24) is 0 Å². The summed E-state index contributed by atoms with van der Waals surface area (Å²) >= 11 is 5.95. The van der Waals surface area contributed by atoms with Crippen molar-refractivity contribution in [2.75, 3.05) is 12.8 Å². The quantitative estimate of drug-likeness (QED) is 0.776. The number of rotatable bonds is 2. The molecule has 1 amide bonds. The molecule has 0 aliphatic heterocycles. The van der Waals surface area contributed by atoms with Gasteiger partial charge in [-0.15, -0.1) is 0 Å². The molecule has 110 valence electrons. The van der Waals surface area contributed by atoms with Crippen molar-refractivity contribution in [2.45, 2.75) is 0 Å². The Morgan fingerprint density at radius 2 is 1.71 bits per heavy atom. The number of benzene rings is 1. The van der Waals surface area contributed by atoms with Crippen LogP contribution in [0.2, 0.25) is 5.02 Å². The number of carbonyl (C=O) groups excluding carboxylic acids is 1. The van der Waals surface area contributed by atoms with Crippen molar-refractivity contribution < 1.29 is 18.4 Å². The second kappa shape index (κ2) is 5.33. The lowest BCUT2D eigenvalue weighted by Crippen LogP contribution is -2.15. The van der Waals surface area contributed by atoms with Gasteiger partial charge < -0.3 is 25.0 Å². The van der Waals surface area contributed by atoms with Gasteiger partial charge in [-0.05, 0) is 0 Å². The third kappa shape index (κ3) is 2.48. The summed E-state index contributed by atoms with van der Waals surface area (Å²) in [4.78, 5) is 34.7. The average molecular weight is 313 g/mol. The van der Waals surface area contributed by atoms with Crippen LogP contribution in [-0.4, -0.2) is 13.0 Å². The lowest BCUT2D eigenvalue weighted by Gasteiger charge is -2.10. The van der Waals surface area contributed by atoms with Gasteiger partial charge in [0.15, 0.2) is 16.9 Å². The number of nitrogen functional groups attached to an aromatic ring is 1. The van der Waals surface area contributed by atoms with Crippen molar-refractivity contribution in [3.63, 3.8) is 0 Å². The number of nitrogens with two attached hydrogens (primary N) is 2. The van der Waals surface area contributed by atoms with Gasteiger partial charge in [0.1, 0.15) is 16.3 Å². The van der Waals surface area contributed by atoms with Crippen LogP contribution in [0.5, 0.6) is 5.75 Å². The second-order valence-electron chi connectivity index (χ2n) is 3.83. The van der Waals surface area contributed by atoms with Crippen LogP contribution in [0.4, 0.5) is 5.69 Å². The summed E-state index contributed by atoms with van der Waals surface area (Å²) in [5.41, 5.74) is 7.82. The minimum absolute atomic E-state index is 0.232. The molecule has 3 aromatic rings. The van der Waals surface area contributed by atoms with E-state index in [0.29, 0.717) is 0 Å². The minimum atomic E-state index is -1.00. The zero-order valence-corrected chi connectivity index (χ0v) is 11.4. The first-order valence-corrected chi connectivity index (χ1v) is 5.85. The standard InChI is InChI=1S/C12H9ClN2O6/c1-19-10-6(12(15)18)9-7(13)8(14)11(10)21-5(17)3-2-4(16)20-9/h2-3H,14H2,1H3,(H2,15,18). The molecule has 0 atom stereocenters. The SMILES string of the molecule is COc1c(C(N)=O)c2oc(=O)ccc(=O)oc1c(N)c2Cl. The number of methoxy groups -OCH3 is 1. The maximum Gasteiger partial charge on any atom is 0.336 e. The first-order valence-electron chi connectivity index (χ1n) is 5.47. The summed E-state index contributed by atoms with van der Waals surface area (Å²) in [7, 11) is 1.19. The zero-order valence-electron chi connectivity index (χ0n) is 10.6. The number of halogens is 1.